The van der Waals surface area contributed by atoms with Crippen LogP contribution in [0.5, 0.6) is 0 Å². The van der Waals surface area contributed by atoms with E-state index < -0.39 is 0 Å². The summed E-state index contributed by atoms with van der Waals surface area (Å²) in [6.07, 6.45) is 3.62. The molecule has 1 heterocycles. The topological polar surface area (TPSA) is 24.1 Å². The lowest BCUT2D eigenvalue weighted by Gasteiger charge is -2.35. The van der Waals surface area contributed by atoms with E-state index >= 15 is 0 Å². The summed E-state index contributed by atoms with van der Waals surface area (Å²) in [7, 11) is 0. The molecule has 0 radical (unpaired) electrons. The maximum Gasteiger partial charge on any atom is 0.167 e. The average molecular weight is 218 g/mol. The van der Waals surface area contributed by atoms with E-state index in [1.807, 2.05) is 0 Å². The Morgan fingerprint density at radius 3 is 2.93 bits per heavy atom. The first-order valence-corrected chi connectivity index (χ1v) is 5.85. The molecule has 2 aliphatic rings. The molecule has 2 nitrogen and oxygen atoms in total. The third-order valence-corrected chi connectivity index (χ3v) is 3.73. The monoisotopic (exact) mass is 218 g/mol. The normalized spacial score (nSPS) is 28.4. The van der Waals surface area contributed by atoms with E-state index in [4.69, 9.17) is 12.2 Å². The minimum Gasteiger partial charge on any atom is -0.360 e. The zero-order valence-electron chi connectivity index (χ0n) is 8.55. The number of aryl methyl sites for hydroxylation is 1. The summed E-state index contributed by atoms with van der Waals surface area (Å²) in [6, 6.07) is 8.71. The second-order valence-electron chi connectivity index (χ2n) is 4.40. The van der Waals surface area contributed by atoms with E-state index in [2.05, 4.69) is 34.9 Å². The van der Waals surface area contributed by atoms with Crippen molar-refractivity contribution in [1.29, 1.82) is 0 Å². The lowest BCUT2D eigenvalue weighted by Crippen LogP contribution is -2.43. The van der Waals surface area contributed by atoms with E-state index in [1.165, 1.54) is 30.4 Å². The molecule has 1 aliphatic heterocycles. The minimum atomic E-state index is 0.0753. The Bertz CT molecular complexity index is 416. The Balaban J connectivity index is 2.09. The summed E-state index contributed by atoms with van der Waals surface area (Å²) in [4.78, 5) is 0. The SMILES string of the molecule is S=C1NC[C@]2(CCCc3ccccc32)N1. The largest absolute Gasteiger partial charge is 0.360 e. The highest BCUT2D eigenvalue weighted by molar-refractivity contribution is 7.80. The van der Waals surface area contributed by atoms with E-state index in [-0.39, 0.29) is 5.54 Å². The third-order valence-electron chi connectivity index (χ3n) is 3.49. The molecule has 1 spiro atoms. The number of hydrogen-bond acceptors (Lipinski definition) is 1. The number of benzene rings is 1. The smallest absolute Gasteiger partial charge is 0.167 e. The highest BCUT2D eigenvalue weighted by atomic mass is 32.1. The lowest BCUT2D eigenvalue weighted by molar-refractivity contribution is 0.363. The Morgan fingerprint density at radius 2 is 2.13 bits per heavy atom. The van der Waals surface area contributed by atoms with Crippen LogP contribution in [0.2, 0.25) is 0 Å². The average Bonchev–Trinajstić information content (AvgIpc) is 2.62. The van der Waals surface area contributed by atoms with Crippen LogP contribution in [0.3, 0.4) is 0 Å². The molecule has 3 heteroatoms. The third kappa shape index (κ3) is 1.34. The van der Waals surface area contributed by atoms with Gasteiger partial charge < -0.3 is 10.6 Å². The summed E-state index contributed by atoms with van der Waals surface area (Å²) in [5.74, 6) is 0. The zero-order valence-corrected chi connectivity index (χ0v) is 9.36. The number of rotatable bonds is 0. The quantitative estimate of drug-likeness (QED) is 0.648. The van der Waals surface area contributed by atoms with E-state index in [1.54, 1.807) is 0 Å². The van der Waals surface area contributed by atoms with Gasteiger partial charge in [-0.05, 0) is 42.6 Å². The van der Waals surface area contributed by atoms with Crippen LogP contribution in [0.15, 0.2) is 24.3 Å². The molecular weight excluding hydrogens is 204 g/mol. The van der Waals surface area contributed by atoms with Gasteiger partial charge in [0, 0.05) is 6.54 Å². The van der Waals surface area contributed by atoms with Crippen LogP contribution in [-0.2, 0) is 12.0 Å². The van der Waals surface area contributed by atoms with Gasteiger partial charge in [0.2, 0.25) is 0 Å². The van der Waals surface area contributed by atoms with Crippen molar-refractivity contribution in [3.63, 3.8) is 0 Å². The van der Waals surface area contributed by atoms with Crippen molar-refractivity contribution in [3.8, 4) is 0 Å². The van der Waals surface area contributed by atoms with Crippen molar-refractivity contribution in [2.24, 2.45) is 0 Å². The van der Waals surface area contributed by atoms with Crippen LogP contribution in [0.1, 0.15) is 24.0 Å². The van der Waals surface area contributed by atoms with Crippen molar-refractivity contribution in [3.05, 3.63) is 35.4 Å². The molecule has 1 saturated heterocycles. The van der Waals surface area contributed by atoms with Crippen molar-refractivity contribution in [2.45, 2.75) is 24.8 Å². The van der Waals surface area contributed by atoms with Gasteiger partial charge in [-0.25, -0.2) is 0 Å². The molecule has 1 aromatic rings. The van der Waals surface area contributed by atoms with Gasteiger partial charge in [-0.15, -0.1) is 0 Å². The van der Waals surface area contributed by atoms with Crippen LogP contribution >= 0.6 is 12.2 Å². The van der Waals surface area contributed by atoms with Crippen LogP contribution in [0.4, 0.5) is 0 Å². The van der Waals surface area contributed by atoms with Crippen molar-refractivity contribution < 1.29 is 0 Å². The zero-order chi connectivity index (χ0) is 10.3. The second-order valence-corrected chi connectivity index (χ2v) is 4.81. The first kappa shape index (κ1) is 9.16. The van der Waals surface area contributed by atoms with Gasteiger partial charge in [-0.2, -0.15) is 0 Å². The van der Waals surface area contributed by atoms with Crippen molar-refractivity contribution >= 4 is 17.3 Å². The molecular formula is C12H14N2S. The molecule has 0 saturated carbocycles. The van der Waals surface area contributed by atoms with Crippen molar-refractivity contribution in [1.82, 2.24) is 10.6 Å². The van der Waals surface area contributed by atoms with Gasteiger partial charge >= 0.3 is 0 Å². The predicted octanol–water partition coefficient (Wildman–Crippen LogP) is 1.70. The molecule has 0 bridgehead atoms. The van der Waals surface area contributed by atoms with Crippen LogP contribution in [0.25, 0.3) is 0 Å². The van der Waals surface area contributed by atoms with Gasteiger partial charge in [0.15, 0.2) is 5.11 Å². The van der Waals surface area contributed by atoms with Crippen molar-refractivity contribution in [2.75, 3.05) is 6.54 Å². The van der Waals surface area contributed by atoms with Crippen LogP contribution < -0.4 is 10.6 Å². The molecule has 0 unspecified atom stereocenters. The molecule has 0 amide bonds. The predicted molar refractivity (Wildman–Crippen MR) is 64.8 cm³/mol. The Hall–Kier alpha value is -1.09. The van der Waals surface area contributed by atoms with Gasteiger partial charge in [0.05, 0.1) is 5.54 Å². The summed E-state index contributed by atoms with van der Waals surface area (Å²) < 4.78 is 0. The Morgan fingerprint density at radius 1 is 1.27 bits per heavy atom. The fourth-order valence-electron chi connectivity index (χ4n) is 2.77. The molecule has 1 aliphatic carbocycles. The summed E-state index contributed by atoms with van der Waals surface area (Å²) in [5, 5.41) is 7.48. The van der Waals surface area contributed by atoms with Crippen LogP contribution in [0, 0.1) is 0 Å². The van der Waals surface area contributed by atoms with Gasteiger partial charge in [0.1, 0.15) is 0 Å². The molecule has 3 rings (SSSR count). The number of nitrogens with one attached hydrogen (secondary N) is 2. The fraction of sp³-hybridized carbons (Fsp3) is 0.417. The Labute approximate surface area is 95.1 Å². The standard InChI is InChI=1S/C12H14N2S/c15-11-13-8-12(14-11)7-3-5-9-4-1-2-6-10(9)12/h1-2,4,6H,3,5,7-8H2,(H2,13,14,15)/t12-/m0/s1. The first-order chi connectivity index (χ1) is 7.30. The highest BCUT2D eigenvalue weighted by Crippen LogP contribution is 2.36. The number of thiocarbonyl (C=S) groups is 1. The van der Waals surface area contributed by atoms with Gasteiger partial charge in [-0.1, -0.05) is 24.3 Å². The maximum atomic E-state index is 5.18. The van der Waals surface area contributed by atoms with Crippen LogP contribution in [-0.4, -0.2) is 11.7 Å². The summed E-state index contributed by atoms with van der Waals surface area (Å²) in [5.41, 5.74) is 2.98. The molecule has 1 atom stereocenters. The van der Waals surface area contributed by atoms with E-state index in [9.17, 15) is 0 Å². The van der Waals surface area contributed by atoms with E-state index in [0.717, 1.165) is 11.7 Å². The molecule has 78 valence electrons. The molecule has 1 aromatic carbocycles. The van der Waals surface area contributed by atoms with Gasteiger partial charge in [0.25, 0.3) is 0 Å². The molecule has 0 aromatic heterocycles. The minimum absolute atomic E-state index is 0.0753. The fourth-order valence-corrected chi connectivity index (χ4v) is 3.04. The maximum absolute atomic E-state index is 5.18. The lowest BCUT2D eigenvalue weighted by atomic mass is 9.77. The molecule has 15 heavy (non-hydrogen) atoms. The second kappa shape index (κ2) is 3.20. The molecule has 1 fully saturated rings. The highest BCUT2D eigenvalue weighted by Gasteiger charge is 2.40. The Kier molecular flexibility index (Phi) is 1.96. The van der Waals surface area contributed by atoms with E-state index in [0.29, 0.717) is 0 Å². The number of fused-ring (bicyclic) bond motifs is 2. The first-order valence-electron chi connectivity index (χ1n) is 5.45. The summed E-state index contributed by atoms with van der Waals surface area (Å²) >= 11 is 5.18. The van der Waals surface area contributed by atoms with Gasteiger partial charge in [-0.3, -0.25) is 0 Å². The molecule has 2 N–H and O–H groups in total. The number of hydrogen-bond donors (Lipinski definition) is 2. The summed E-state index contributed by atoms with van der Waals surface area (Å²) in [6.45, 7) is 0.933.